The van der Waals surface area contributed by atoms with Crippen molar-refractivity contribution < 1.29 is 9.13 Å². The molecule has 2 aliphatic heterocycles. The maximum atomic E-state index is 13.6. The SMILES string of the molecule is COC[C@@H]1CN(C)C[C@]12CCN(Cc1ccc(Cl)c(F)c1)C2. The number of halogens is 2. The number of hydrogen-bond acceptors (Lipinski definition) is 3. The summed E-state index contributed by atoms with van der Waals surface area (Å²) in [5, 5.41) is 0.194. The second kappa shape index (κ2) is 6.44. The summed E-state index contributed by atoms with van der Waals surface area (Å²) in [6.45, 7) is 5.99. The van der Waals surface area contributed by atoms with Crippen molar-refractivity contribution in [2.75, 3.05) is 46.9 Å². The van der Waals surface area contributed by atoms with Crippen molar-refractivity contribution in [2.45, 2.75) is 13.0 Å². The average Bonchev–Trinajstić information content (AvgIpc) is 2.99. The molecule has 2 fully saturated rings. The summed E-state index contributed by atoms with van der Waals surface area (Å²) in [4.78, 5) is 4.85. The first-order chi connectivity index (χ1) is 10.5. The number of likely N-dealkylation sites (tertiary alicyclic amines) is 2. The van der Waals surface area contributed by atoms with Crippen LogP contribution >= 0.6 is 11.6 Å². The molecule has 1 aromatic rings. The molecule has 0 radical (unpaired) electrons. The smallest absolute Gasteiger partial charge is 0.142 e. The predicted molar refractivity (Wildman–Crippen MR) is 86.6 cm³/mol. The van der Waals surface area contributed by atoms with Gasteiger partial charge in [0.15, 0.2) is 0 Å². The van der Waals surface area contributed by atoms with Crippen molar-refractivity contribution in [1.29, 1.82) is 0 Å². The lowest BCUT2D eigenvalue weighted by Gasteiger charge is -2.30. The van der Waals surface area contributed by atoms with Crippen molar-refractivity contribution in [2.24, 2.45) is 11.3 Å². The first-order valence-electron chi connectivity index (χ1n) is 7.86. The van der Waals surface area contributed by atoms with Gasteiger partial charge in [0.1, 0.15) is 5.82 Å². The van der Waals surface area contributed by atoms with Gasteiger partial charge < -0.3 is 9.64 Å². The largest absolute Gasteiger partial charge is 0.384 e. The van der Waals surface area contributed by atoms with Gasteiger partial charge in [-0.05, 0) is 37.7 Å². The minimum atomic E-state index is -0.328. The van der Waals surface area contributed by atoms with Crippen LogP contribution in [0.5, 0.6) is 0 Å². The molecule has 3 rings (SSSR count). The highest BCUT2D eigenvalue weighted by molar-refractivity contribution is 6.30. The van der Waals surface area contributed by atoms with Gasteiger partial charge in [-0.2, -0.15) is 0 Å². The van der Waals surface area contributed by atoms with Gasteiger partial charge in [-0.3, -0.25) is 4.90 Å². The molecule has 0 bridgehead atoms. The van der Waals surface area contributed by atoms with Crippen LogP contribution in [0.25, 0.3) is 0 Å². The molecule has 0 aromatic heterocycles. The molecular weight excluding hydrogens is 303 g/mol. The lowest BCUT2D eigenvalue weighted by Crippen LogP contribution is -2.36. The van der Waals surface area contributed by atoms with E-state index in [1.807, 2.05) is 6.07 Å². The first kappa shape index (κ1) is 16.2. The molecule has 1 spiro atoms. The number of benzene rings is 1. The second-order valence-electron chi connectivity index (χ2n) is 6.92. The van der Waals surface area contributed by atoms with Gasteiger partial charge in [0.05, 0.1) is 11.6 Å². The molecule has 2 atom stereocenters. The van der Waals surface area contributed by atoms with E-state index in [0.717, 1.165) is 44.9 Å². The van der Waals surface area contributed by atoms with Crippen molar-refractivity contribution in [1.82, 2.24) is 9.80 Å². The molecule has 122 valence electrons. The molecule has 0 aliphatic carbocycles. The number of rotatable bonds is 4. The highest BCUT2D eigenvalue weighted by Gasteiger charge is 2.49. The maximum absolute atomic E-state index is 13.6. The number of ether oxygens (including phenoxy) is 1. The van der Waals surface area contributed by atoms with Crippen LogP contribution in [-0.4, -0.2) is 56.7 Å². The molecule has 0 unspecified atom stereocenters. The Labute approximate surface area is 137 Å². The van der Waals surface area contributed by atoms with Crippen LogP contribution in [0.3, 0.4) is 0 Å². The quantitative estimate of drug-likeness (QED) is 0.846. The van der Waals surface area contributed by atoms with Gasteiger partial charge in [0, 0.05) is 44.6 Å². The summed E-state index contributed by atoms with van der Waals surface area (Å²) in [6.07, 6.45) is 1.20. The molecule has 3 nitrogen and oxygen atoms in total. The van der Waals surface area contributed by atoms with Gasteiger partial charge in [-0.15, -0.1) is 0 Å². The fourth-order valence-electron chi connectivity index (χ4n) is 4.21. The summed E-state index contributed by atoms with van der Waals surface area (Å²) >= 11 is 5.76. The molecule has 1 aromatic carbocycles. The van der Waals surface area contributed by atoms with Crippen LogP contribution in [0.15, 0.2) is 18.2 Å². The topological polar surface area (TPSA) is 15.7 Å². The van der Waals surface area contributed by atoms with E-state index < -0.39 is 0 Å². The lowest BCUT2D eigenvalue weighted by molar-refractivity contribution is 0.0959. The highest BCUT2D eigenvalue weighted by Crippen LogP contribution is 2.43. The Kier molecular flexibility index (Phi) is 4.74. The Morgan fingerprint density at radius 1 is 1.41 bits per heavy atom. The monoisotopic (exact) mass is 326 g/mol. The first-order valence-corrected chi connectivity index (χ1v) is 8.24. The van der Waals surface area contributed by atoms with E-state index in [4.69, 9.17) is 16.3 Å². The summed E-state index contributed by atoms with van der Waals surface area (Å²) < 4.78 is 19.0. The zero-order valence-corrected chi connectivity index (χ0v) is 14.1. The van der Waals surface area contributed by atoms with Gasteiger partial charge in [-0.25, -0.2) is 4.39 Å². The molecule has 0 amide bonds. The van der Waals surface area contributed by atoms with E-state index >= 15 is 0 Å². The molecule has 2 saturated heterocycles. The Bertz CT molecular complexity index is 541. The van der Waals surface area contributed by atoms with Crippen molar-refractivity contribution in [3.05, 3.63) is 34.6 Å². The van der Waals surface area contributed by atoms with E-state index in [0.29, 0.717) is 11.3 Å². The number of nitrogens with zero attached hydrogens (tertiary/aromatic N) is 2. The molecular formula is C17H24ClFN2O. The fraction of sp³-hybridized carbons (Fsp3) is 0.647. The number of methoxy groups -OCH3 is 1. The summed E-state index contributed by atoms with van der Waals surface area (Å²) in [5.74, 6) is 0.264. The molecule has 5 heteroatoms. The van der Waals surface area contributed by atoms with Gasteiger partial charge >= 0.3 is 0 Å². The highest BCUT2D eigenvalue weighted by atomic mass is 35.5. The lowest BCUT2D eigenvalue weighted by atomic mass is 9.77. The summed E-state index contributed by atoms with van der Waals surface area (Å²) in [6, 6.07) is 5.12. The van der Waals surface area contributed by atoms with Gasteiger partial charge in [0.25, 0.3) is 0 Å². The Morgan fingerprint density at radius 3 is 2.95 bits per heavy atom. The molecule has 0 saturated carbocycles. The third kappa shape index (κ3) is 3.16. The normalized spacial score (nSPS) is 29.7. The van der Waals surface area contributed by atoms with E-state index in [2.05, 4.69) is 16.8 Å². The van der Waals surface area contributed by atoms with Crippen LogP contribution in [0.2, 0.25) is 5.02 Å². The Balaban J connectivity index is 1.67. The van der Waals surface area contributed by atoms with Crippen LogP contribution in [0.1, 0.15) is 12.0 Å². The van der Waals surface area contributed by atoms with E-state index in [-0.39, 0.29) is 10.8 Å². The minimum Gasteiger partial charge on any atom is -0.384 e. The van der Waals surface area contributed by atoms with E-state index in [1.54, 1.807) is 19.2 Å². The number of hydrogen-bond donors (Lipinski definition) is 0. The zero-order valence-electron chi connectivity index (χ0n) is 13.3. The zero-order chi connectivity index (χ0) is 15.7. The third-order valence-corrected chi connectivity index (χ3v) is 5.51. The van der Waals surface area contributed by atoms with E-state index in [9.17, 15) is 4.39 Å². The molecule has 22 heavy (non-hydrogen) atoms. The minimum absolute atomic E-state index is 0.194. The van der Waals surface area contributed by atoms with Crippen LogP contribution in [-0.2, 0) is 11.3 Å². The van der Waals surface area contributed by atoms with Crippen LogP contribution < -0.4 is 0 Å². The molecule has 2 heterocycles. The van der Waals surface area contributed by atoms with Crippen molar-refractivity contribution in [3.63, 3.8) is 0 Å². The third-order valence-electron chi connectivity index (χ3n) is 5.21. The fourth-order valence-corrected chi connectivity index (χ4v) is 4.33. The average molecular weight is 327 g/mol. The molecule has 0 N–H and O–H groups in total. The van der Waals surface area contributed by atoms with Crippen molar-refractivity contribution >= 4 is 11.6 Å². The van der Waals surface area contributed by atoms with Gasteiger partial charge in [-0.1, -0.05) is 17.7 Å². The maximum Gasteiger partial charge on any atom is 0.142 e. The Hall–Kier alpha value is -0.680. The Morgan fingerprint density at radius 2 is 2.23 bits per heavy atom. The summed E-state index contributed by atoms with van der Waals surface area (Å²) in [5.41, 5.74) is 1.32. The standard InChI is InChI=1S/C17H24ClFN2O/c1-20-9-14(10-22-2)17(11-20)5-6-21(12-17)8-13-3-4-15(18)16(19)7-13/h3-4,7,14H,5-6,8-12H2,1-2H3/t14-,17-/m0/s1. The predicted octanol–water partition coefficient (Wildman–Crippen LogP) is 2.88. The van der Waals surface area contributed by atoms with Crippen LogP contribution in [0, 0.1) is 17.2 Å². The van der Waals surface area contributed by atoms with Crippen LogP contribution in [0.4, 0.5) is 4.39 Å². The second-order valence-corrected chi connectivity index (χ2v) is 7.33. The molecule has 2 aliphatic rings. The van der Waals surface area contributed by atoms with Crippen molar-refractivity contribution in [3.8, 4) is 0 Å². The summed E-state index contributed by atoms with van der Waals surface area (Å²) in [7, 11) is 3.98. The van der Waals surface area contributed by atoms with E-state index in [1.165, 1.54) is 6.42 Å². The van der Waals surface area contributed by atoms with Gasteiger partial charge in [0.2, 0.25) is 0 Å².